The highest BCUT2D eigenvalue weighted by Crippen LogP contribution is 2.47. The van der Waals surface area contributed by atoms with E-state index in [1.165, 1.54) is 11.3 Å². The number of allylic oxidation sites excluding steroid dienone is 3. The average Bonchev–Trinajstić information content (AvgIpc) is 3.48. The first kappa shape index (κ1) is 46.3. The molecule has 0 spiro atoms. The number of halogens is 3. The van der Waals surface area contributed by atoms with Crippen LogP contribution in [0.5, 0.6) is 0 Å². The van der Waals surface area contributed by atoms with Gasteiger partial charge in [0.1, 0.15) is 12.4 Å². The molecule has 0 aliphatic carbocycles. The van der Waals surface area contributed by atoms with Crippen LogP contribution in [0.3, 0.4) is 0 Å². The summed E-state index contributed by atoms with van der Waals surface area (Å²) in [4.78, 5) is 45.3. The van der Waals surface area contributed by atoms with Crippen molar-refractivity contribution in [2.24, 2.45) is 23.0 Å². The van der Waals surface area contributed by atoms with Crippen LogP contribution in [0.15, 0.2) is 41.3 Å². The number of carboxylic acids is 1. The van der Waals surface area contributed by atoms with Gasteiger partial charge in [0, 0.05) is 22.8 Å². The number of ketones is 1. The van der Waals surface area contributed by atoms with E-state index < -0.39 is 59.8 Å². The fourth-order valence-electron chi connectivity index (χ4n) is 6.02. The van der Waals surface area contributed by atoms with Gasteiger partial charge in [-0.3, -0.25) is 9.59 Å². The van der Waals surface area contributed by atoms with E-state index in [0.717, 1.165) is 29.3 Å². The third-order valence-corrected chi connectivity index (χ3v) is 15.5. The third kappa shape index (κ3) is 13.0. The van der Waals surface area contributed by atoms with Crippen molar-refractivity contribution < 1.29 is 33.4 Å². The number of Topliss-reactive ketones (excluding diaryl/α,β-unsaturated/α-hetero) is 1. The quantitative estimate of drug-likeness (QED) is 0.0409. The number of thiazole rings is 1. The van der Waals surface area contributed by atoms with Crippen LogP contribution in [-0.2, 0) is 29.1 Å². The molecule has 50 heavy (non-hydrogen) atoms. The minimum Gasteiger partial charge on any atom is -0.481 e. The van der Waals surface area contributed by atoms with E-state index in [0.29, 0.717) is 23.5 Å². The first-order valence-corrected chi connectivity index (χ1v) is 21.6. The van der Waals surface area contributed by atoms with Gasteiger partial charge in [-0.2, -0.15) is 0 Å². The molecule has 0 fully saturated rings. The number of ether oxygens (including phenoxy) is 2. The maximum absolute atomic E-state index is 14.9. The SMILES string of the molecule is C=C(C)[C@@H](N)C/C=C(C)\C=C\C[C@H](C)[C@](OC(=O)OCC(Cl)(Cl)Cl)(c1csc(C)n1)[C@@H](C)C(=O)C(C)(C)[C@H](CC(=O)O)O[Si](CC)(CC)CC. The molecule has 14 heteroatoms. The number of aliphatic carboxylic acids is 1. The first-order valence-electron chi connectivity index (χ1n) is 17.0. The molecule has 0 saturated carbocycles. The maximum Gasteiger partial charge on any atom is 0.509 e. The van der Waals surface area contributed by atoms with Gasteiger partial charge in [0.2, 0.25) is 3.79 Å². The summed E-state index contributed by atoms with van der Waals surface area (Å²) in [5.74, 6) is -3.02. The van der Waals surface area contributed by atoms with E-state index in [-0.39, 0.29) is 18.2 Å². The van der Waals surface area contributed by atoms with Gasteiger partial charge in [0.15, 0.2) is 13.9 Å². The summed E-state index contributed by atoms with van der Waals surface area (Å²) in [6.07, 6.45) is 4.44. The van der Waals surface area contributed by atoms with Crippen molar-refractivity contribution >= 4 is 72.4 Å². The monoisotopic (exact) mass is 794 g/mol. The summed E-state index contributed by atoms with van der Waals surface area (Å²) in [7, 11) is -2.37. The lowest BCUT2D eigenvalue weighted by Crippen LogP contribution is -2.55. The number of nitrogens with zero attached hydrogens (tertiary/aromatic N) is 1. The van der Waals surface area contributed by atoms with Crippen LogP contribution in [0, 0.1) is 24.2 Å². The second-order valence-electron chi connectivity index (χ2n) is 13.7. The second-order valence-corrected chi connectivity index (χ2v) is 22.0. The Bertz CT molecular complexity index is 1370. The summed E-state index contributed by atoms with van der Waals surface area (Å²) in [5.41, 5.74) is 5.37. The normalized spacial score (nSPS) is 16.7. The van der Waals surface area contributed by atoms with Gasteiger partial charge in [-0.05, 0) is 51.7 Å². The number of aromatic nitrogens is 1. The van der Waals surface area contributed by atoms with E-state index >= 15 is 0 Å². The molecular weight excluding hydrogens is 739 g/mol. The van der Waals surface area contributed by atoms with Gasteiger partial charge >= 0.3 is 12.1 Å². The summed E-state index contributed by atoms with van der Waals surface area (Å²) in [6.45, 7) is 22.0. The molecule has 0 unspecified atom stereocenters. The zero-order chi connectivity index (χ0) is 38.7. The molecule has 284 valence electrons. The molecule has 0 aliphatic heterocycles. The molecule has 1 aromatic rings. The van der Waals surface area contributed by atoms with E-state index in [4.69, 9.17) is 59.4 Å². The number of hydrogen-bond acceptors (Lipinski definition) is 9. The Labute approximate surface area is 319 Å². The Morgan fingerprint density at radius 1 is 1.10 bits per heavy atom. The minimum absolute atomic E-state index is 0.158. The summed E-state index contributed by atoms with van der Waals surface area (Å²) < 4.78 is 16.3. The second kappa shape index (κ2) is 19.9. The first-order chi connectivity index (χ1) is 23.0. The molecular formula is C36H57Cl3N2O7SSi. The Hall–Kier alpha value is -1.73. The van der Waals surface area contributed by atoms with Gasteiger partial charge in [-0.15, -0.1) is 11.3 Å². The number of aryl methyl sites for hydroxylation is 1. The largest absolute Gasteiger partial charge is 0.509 e. The molecule has 5 atom stereocenters. The Balaban J connectivity index is 3.85. The number of carbonyl (C=O) groups is 3. The lowest BCUT2D eigenvalue weighted by Gasteiger charge is -2.45. The zero-order valence-electron chi connectivity index (χ0n) is 31.2. The van der Waals surface area contributed by atoms with Gasteiger partial charge in [-0.1, -0.05) is 119 Å². The van der Waals surface area contributed by atoms with Crippen molar-refractivity contribution in [3.05, 3.63) is 52.0 Å². The molecule has 3 N–H and O–H groups in total. The standard InChI is InChI=1S/C36H57Cl3N2O7SSi/c1-12-50(13-2,14-3)48-30(20-31(42)43)34(10,11)32(44)26(8)36(29-21-49-27(9)41-29,47-33(45)46-22-35(37,38)39)25(7)17-15-16-24(6)18-19-28(40)23(4)5/h15-16,18,21,25-26,28,30H,4,12-14,17,19-20,22,40H2,1-3,5-11H3,(H,42,43)/b16-15+,24-18-/t25-,26-,28-,30-,36+/m0/s1. The molecule has 1 rings (SSSR count). The number of carbonyl (C=O) groups excluding carboxylic acids is 2. The lowest BCUT2D eigenvalue weighted by atomic mass is 9.66. The molecule has 0 aromatic carbocycles. The smallest absolute Gasteiger partial charge is 0.481 e. The summed E-state index contributed by atoms with van der Waals surface area (Å²) in [5, 5.41) is 12.4. The van der Waals surface area contributed by atoms with Crippen molar-refractivity contribution in [3.63, 3.8) is 0 Å². The van der Waals surface area contributed by atoms with Crippen molar-refractivity contribution in [1.82, 2.24) is 4.98 Å². The Kier molecular flexibility index (Phi) is 18.4. The van der Waals surface area contributed by atoms with Crippen molar-refractivity contribution in [2.75, 3.05) is 6.61 Å². The van der Waals surface area contributed by atoms with Crippen LogP contribution >= 0.6 is 46.1 Å². The number of nitrogens with two attached hydrogens (primary N) is 1. The lowest BCUT2D eigenvalue weighted by molar-refractivity contribution is -0.157. The van der Waals surface area contributed by atoms with E-state index in [2.05, 4.69) is 6.58 Å². The van der Waals surface area contributed by atoms with Crippen LogP contribution in [0.2, 0.25) is 18.1 Å². The summed E-state index contributed by atoms with van der Waals surface area (Å²) in [6, 6.07) is 2.15. The topological polar surface area (TPSA) is 138 Å². The number of hydrogen-bond donors (Lipinski definition) is 2. The molecule has 1 aromatic heterocycles. The molecule has 0 amide bonds. The number of carboxylic acid groups (broad SMARTS) is 1. The van der Waals surface area contributed by atoms with Crippen LogP contribution in [0.25, 0.3) is 0 Å². The minimum atomic E-state index is -2.37. The van der Waals surface area contributed by atoms with Crippen LogP contribution < -0.4 is 5.73 Å². The Morgan fingerprint density at radius 3 is 2.14 bits per heavy atom. The van der Waals surface area contributed by atoms with Gasteiger partial charge in [0.05, 0.1) is 29.1 Å². The number of rotatable bonds is 21. The van der Waals surface area contributed by atoms with Crippen molar-refractivity contribution in [2.45, 2.75) is 128 Å². The Morgan fingerprint density at radius 2 is 1.68 bits per heavy atom. The van der Waals surface area contributed by atoms with E-state index in [9.17, 15) is 19.5 Å². The predicted molar refractivity (Wildman–Crippen MR) is 208 cm³/mol. The van der Waals surface area contributed by atoms with Gasteiger partial charge < -0.3 is 24.7 Å². The highest BCUT2D eigenvalue weighted by Gasteiger charge is 2.56. The van der Waals surface area contributed by atoms with Gasteiger partial charge in [0.25, 0.3) is 0 Å². The molecule has 1 heterocycles. The highest BCUT2D eigenvalue weighted by molar-refractivity contribution is 7.09. The molecule has 0 radical (unpaired) electrons. The predicted octanol–water partition coefficient (Wildman–Crippen LogP) is 10.1. The molecule has 0 bridgehead atoms. The molecule has 0 aliphatic rings. The fourth-order valence-corrected chi connectivity index (χ4v) is 9.84. The van der Waals surface area contributed by atoms with Crippen LogP contribution in [0.1, 0.15) is 92.3 Å². The zero-order valence-corrected chi connectivity index (χ0v) is 35.3. The van der Waals surface area contributed by atoms with Crippen LogP contribution in [0.4, 0.5) is 4.79 Å². The highest BCUT2D eigenvalue weighted by atomic mass is 35.6. The third-order valence-electron chi connectivity index (χ3n) is 9.72. The average molecular weight is 796 g/mol. The summed E-state index contributed by atoms with van der Waals surface area (Å²) >= 11 is 19.0. The van der Waals surface area contributed by atoms with Crippen LogP contribution in [-0.4, -0.2) is 58.9 Å². The van der Waals surface area contributed by atoms with Crippen molar-refractivity contribution in [1.29, 1.82) is 0 Å². The van der Waals surface area contributed by atoms with Gasteiger partial charge in [-0.25, -0.2) is 9.78 Å². The maximum atomic E-state index is 14.9. The fraction of sp³-hybridized carbons (Fsp3) is 0.667. The van der Waals surface area contributed by atoms with Crippen molar-refractivity contribution in [3.8, 4) is 0 Å². The molecule has 0 saturated heterocycles. The van der Waals surface area contributed by atoms with E-state index in [1.54, 1.807) is 26.2 Å². The van der Waals surface area contributed by atoms with E-state index in [1.807, 2.05) is 66.7 Å². The number of alkyl halides is 3. The molecule has 9 nitrogen and oxygen atoms in total.